The van der Waals surface area contributed by atoms with E-state index in [0.717, 1.165) is 23.3 Å². The van der Waals surface area contributed by atoms with Gasteiger partial charge in [0.25, 0.3) is 0 Å². The Morgan fingerprint density at radius 2 is 2.08 bits per heavy atom. The van der Waals surface area contributed by atoms with Gasteiger partial charge < -0.3 is 15.8 Å². The number of nitrogen functional groups attached to an aromatic ring is 1. The fourth-order valence-corrected chi connectivity index (χ4v) is 3.85. The lowest BCUT2D eigenvalue weighted by molar-refractivity contribution is 0.407. The van der Waals surface area contributed by atoms with E-state index in [2.05, 4.69) is 15.4 Å². The number of fused-ring (bicyclic) bond motifs is 1. The second-order valence-electron chi connectivity index (χ2n) is 6.13. The van der Waals surface area contributed by atoms with Crippen LogP contribution in [-0.4, -0.2) is 21.9 Å². The van der Waals surface area contributed by atoms with Crippen LogP contribution in [0.1, 0.15) is 29.6 Å². The molecule has 8 heteroatoms. The first-order chi connectivity index (χ1) is 12.5. The van der Waals surface area contributed by atoms with Crippen LogP contribution in [-0.2, 0) is 0 Å². The maximum absolute atomic E-state index is 6.42. The highest BCUT2D eigenvalue weighted by molar-refractivity contribution is 6.35. The number of nitrogens with two attached hydrogens (primary N) is 1. The highest BCUT2D eigenvalue weighted by Gasteiger charge is 2.32. The fourth-order valence-electron chi connectivity index (χ4n) is 3.31. The molecule has 4 rings (SSSR count). The summed E-state index contributed by atoms with van der Waals surface area (Å²) >= 11 is 12.5. The van der Waals surface area contributed by atoms with Crippen molar-refractivity contribution in [3.05, 3.63) is 63.6 Å². The van der Waals surface area contributed by atoms with Gasteiger partial charge in [0.1, 0.15) is 5.75 Å². The number of benzene rings is 2. The first-order valence-electron chi connectivity index (χ1n) is 8.12. The summed E-state index contributed by atoms with van der Waals surface area (Å²) in [6.07, 6.45) is 0.727. The van der Waals surface area contributed by atoms with Gasteiger partial charge in [-0.25, -0.2) is 4.68 Å². The van der Waals surface area contributed by atoms with Gasteiger partial charge in [0.05, 0.1) is 19.2 Å². The number of nitrogens with zero attached hydrogens (tertiary/aromatic N) is 3. The van der Waals surface area contributed by atoms with Crippen molar-refractivity contribution < 1.29 is 4.74 Å². The van der Waals surface area contributed by atoms with Crippen molar-refractivity contribution in [2.45, 2.75) is 18.5 Å². The van der Waals surface area contributed by atoms with Crippen LogP contribution in [0.4, 0.5) is 11.9 Å². The first-order valence-corrected chi connectivity index (χ1v) is 8.88. The molecule has 0 radical (unpaired) electrons. The van der Waals surface area contributed by atoms with Crippen LogP contribution in [0.15, 0.2) is 42.5 Å². The van der Waals surface area contributed by atoms with Gasteiger partial charge in [-0.15, -0.1) is 5.10 Å². The highest BCUT2D eigenvalue weighted by atomic mass is 35.5. The van der Waals surface area contributed by atoms with Gasteiger partial charge in [0.15, 0.2) is 0 Å². The zero-order valence-corrected chi connectivity index (χ0v) is 15.5. The van der Waals surface area contributed by atoms with Crippen LogP contribution in [0.5, 0.6) is 5.75 Å². The van der Waals surface area contributed by atoms with E-state index in [4.69, 9.17) is 33.7 Å². The lowest BCUT2D eigenvalue weighted by Gasteiger charge is -2.32. The van der Waals surface area contributed by atoms with Gasteiger partial charge in [-0.05, 0) is 41.8 Å². The number of ether oxygens (including phenoxy) is 1. The van der Waals surface area contributed by atoms with E-state index in [1.165, 1.54) is 0 Å². The Morgan fingerprint density at radius 1 is 1.23 bits per heavy atom. The Morgan fingerprint density at radius 3 is 2.85 bits per heavy atom. The number of halogens is 2. The van der Waals surface area contributed by atoms with E-state index >= 15 is 0 Å². The molecule has 2 atom stereocenters. The van der Waals surface area contributed by atoms with Gasteiger partial charge >= 0.3 is 0 Å². The summed E-state index contributed by atoms with van der Waals surface area (Å²) in [4.78, 5) is 4.31. The number of nitrogens with one attached hydrogen (secondary N) is 1. The third-order valence-corrected chi connectivity index (χ3v) is 5.08. The van der Waals surface area contributed by atoms with E-state index in [1.807, 2.05) is 41.1 Å². The Balaban J connectivity index is 1.77. The van der Waals surface area contributed by atoms with Crippen molar-refractivity contribution in [2.75, 3.05) is 18.2 Å². The number of methoxy groups -OCH3 is 1. The molecular weight excluding hydrogens is 373 g/mol. The topological polar surface area (TPSA) is 78.0 Å². The maximum Gasteiger partial charge on any atom is 0.241 e. The predicted octanol–water partition coefficient (Wildman–Crippen LogP) is 4.32. The summed E-state index contributed by atoms with van der Waals surface area (Å²) < 4.78 is 7.17. The monoisotopic (exact) mass is 389 g/mol. The van der Waals surface area contributed by atoms with E-state index in [9.17, 15) is 0 Å². The van der Waals surface area contributed by atoms with E-state index in [1.54, 1.807) is 13.2 Å². The maximum atomic E-state index is 6.42. The molecule has 0 bridgehead atoms. The first kappa shape index (κ1) is 17.0. The van der Waals surface area contributed by atoms with Crippen molar-refractivity contribution in [1.29, 1.82) is 0 Å². The average molecular weight is 390 g/mol. The summed E-state index contributed by atoms with van der Waals surface area (Å²) in [5, 5.41) is 8.94. The molecule has 0 amide bonds. The number of rotatable bonds is 3. The summed E-state index contributed by atoms with van der Waals surface area (Å²) in [6, 6.07) is 13.3. The summed E-state index contributed by atoms with van der Waals surface area (Å²) in [6.45, 7) is 0. The molecule has 6 nitrogen and oxygen atoms in total. The van der Waals surface area contributed by atoms with Gasteiger partial charge in [-0.1, -0.05) is 41.4 Å². The Bertz CT molecular complexity index is 959. The van der Waals surface area contributed by atoms with Crippen LogP contribution in [0, 0.1) is 0 Å². The van der Waals surface area contributed by atoms with Crippen LogP contribution in [0.2, 0.25) is 10.0 Å². The van der Waals surface area contributed by atoms with Crippen molar-refractivity contribution >= 4 is 35.1 Å². The predicted molar refractivity (Wildman–Crippen MR) is 103 cm³/mol. The molecule has 1 aliphatic heterocycles. The molecule has 2 aromatic carbocycles. The third kappa shape index (κ3) is 3.06. The minimum atomic E-state index is -0.0529. The molecule has 0 saturated heterocycles. The molecule has 26 heavy (non-hydrogen) atoms. The van der Waals surface area contributed by atoms with E-state index in [-0.39, 0.29) is 18.0 Å². The van der Waals surface area contributed by atoms with Crippen molar-refractivity contribution in [2.24, 2.45) is 0 Å². The quantitative estimate of drug-likeness (QED) is 0.697. The van der Waals surface area contributed by atoms with Crippen molar-refractivity contribution in [1.82, 2.24) is 14.8 Å². The van der Waals surface area contributed by atoms with Crippen LogP contribution in [0.3, 0.4) is 0 Å². The van der Waals surface area contributed by atoms with Gasteiger partial charge in [-0.3, -0.25) is 0 Å². The highest BCUT2D eigenvalue weighted by Crippen LogP contribution is 2.40. The van der Waals surface area contributed by atoms with Crippen LogP contribution >= 0.6 is 23.2 Å². The minimum absolute atomic E-state index is 0.0490. The smallest absolute Gasteiger partial charge is 0.241 e. The molecule has 134 valence electrons. The van der Waals surface area contributed by atoms with Gasteiger partial charge in [0.2, 0.25) is 11.9 Å². The lowest BCUT2D eigenvalue weighted by atomic mass is 9.93. The molecule has 3 aromatic rings. The van der Waals surface area contributed by atoms with Crippen molar-refractivity contribution in [3.8, 4) is 5.75 Å². The Hall–Kier alpha value is -2.44. The van der Waals surface area contributed by atoms with Gasteiger partial charge in [0, 0.05) is 10.0 Å². The number of hydrogen-bond acceptors (Lipinski definition) is 5. The number of anilines is 2. The summed E-state index contributed by atoms with van der Waals surface area (Å²) in [5.41, 5.74) is 7.85. The number of hydrogen-bond donors (Lipinski definition) is 2. The molecule has 0 unspecified atom stereocenters. The zero-order chi connectivity index (χ0) is 18.3. The largest absolute Gasteiger partial charge is 0.497 e. The molecular formula is C18H17Cl2N5O. The zero-order valence-electron chi connectivity index (χ0n) is 14.0. The third-order valence-electron chi connectivity index (χ3n) is 4.52. The molecule has 1 aromatic heterocycles. The summed E-state index contributed by atoms with van der Waals surface area (Å²) in [5.74, 6) is 1.62. The van der Waals surface area contributed by atoms with Crippen LogP contribution < -0.4 is 15.8 Å². The molecule has 0 aliphatic carbocycles. The average Bonchev–Trinajstić information content (AvgIpc) is 3.01. The fraction of sp³-hybridized carbons (Fsp3) is 0.222. The Kier molecular flexibility index (Phi) is 4.38. The molecule has 0 spiro atoms. The second-order valence-corrected chi connectivity index (χ2v) is 6.97. The van der Waals surface area contributed by atoms with Crippen molar-refractivity contribution in [3.63, 3.8) is 0 Å². The second kappa shape index (κ2) is 6.70. The van der Waals surface area contributed by atoms with Crippen LogP contribution in [0.25, 0.3) is 0 Å². The SMILES string of the molecule is COc1cccc([C@@H]2C[C@@H](c3ccc(Cl)cc3Cl)Nc3nc(N)nn32)c1. The molecule has 2 heterocycles. The van der Waals surface area contributed by atoms with Gasteiger partial charge in [-0.2, -0.15) is 4.98 Å². The Labute approximate surface area is 160 Å². The van der Waals surface area contributed by atoms with E-state index in [0.29, 0.717) is 16.0 Å². The van der Waals surface area contributed by atoms with E-state index < -0.39 is 0 Å². The minimum Gasteiger partial charge on any atom is -0.497 e. The standard InChI is InChI=1S/C18H17Cl2N5O/c1-26-12-4-2-3-10(7-12)16-9-15(13-6-5-11(19)8-14(13)20)22-18-23-17(21)24-25(16)18/h2-8,15-16H,9H2,1H3,(H3,21,22,23,24)/t15-,16-/m0/s1. The number of aromatic nitrogens is 3. The molecule has 3 N–H and O–H groups in total. The summed E-state index contributed by atoms with van der Waals surface area (Å²) in [7, 11) is 1.65. The lowest BCUT2D eigenvalue weighted by Crippen LogP contribution is -2.28. The molecule has 0 fully saturated rings. The molecule has 0 saturated carbocycles. The molecule has 1 aliphatic rings. The normalized spacial score (nSPS) is 18.9.